The van der Waals surface area contributed by atoms with Crippen LogP contribution < -0.4 is 5.73 Å². The van der Waals surface area contributed by atoms with Gasteiger partial charge in [0.05, 0.1) is 6.54 Å². The molecule has 22 heavy (non-hydrogen) atoms. The largest absolute Gasteiger partial charge is 0.341 e. The number of carbonyl (C=O) groups excluding carboxylic acids is 2. The van der Waals surface area contributed by atoms with Crippen molar-refractivity contribution >= 4 is 11.8 Å². The molecular formula is C17H35N3O2. The summed E-state index contributed by atoms with van der Waals surface area (Å²) in [5.74, 6) is 0.252. The lowest BCUT2D eigenvalue weighted by Crippen LogP contribution is -2.45. The van der Waals surface area contributed by atoms with Crippen molar-refractivity contribution in [1.29, 1.82) is 0 Å². The minimum atomic E-state index is 0.112. The maximum absolute atomic E-state index is 12.2. The highest BCUT2D eigenvalue weighted by Gasteiger charge is 2.22. The number of amides is 2. The van der Waals surface area contributed by atoms with Gasteiger partial charge in [-0.15, -0.1) is 13.2 Å². The van der Waals surface area contributed by atoms with E-state index in [4.69, 9.17) is 0 Å². The second-order valence-corrected chi connectivity index (χ2v) is 5.01. The molecule has 0 aromatic carbocycles. The molecule has 1 aliphatic heterocycles. The standard InChI is InChI=1S/C14H26N2O2.C2H4.CH5N/c1-3-5-10-15(9-4-2)14(18)12-16-11-7-6-8-13(16)17;2*1-2/h3-12H2,1-2H3;1-2H2;2H2,1H3. The maximum atomic E-state index is 12.2. The molecule has 130 valence electrons. The topological polar surface area (TPSA) is 66.6 Å². The van der Waals surface area contributed by atoms with Crippen LogP contribution in [-0.4, -0.2) is 54.8 Å². The van der Waals surface area contributed by atoms with E-state index in [0.29, 0.717) is 6.42 Å². The molecule has 5 nitrogen and oxygen atoms in total. The number of unbranched alkanes of at least 4 members (excludes halogenated alkanes) is 1. The van der Waals surface area contributed by atoms with Crippen LogP contribution >= 0.6 is 0 Å². The number of nitrogens with two attached hydrogens (primary N) is 1. The molecule has 2 N–H and O–H groups in total. The fraction of sp³-hybridized carbons (Fsp3) is 0.765. The summed E-state index contributed by atoms with van der Waals surface area (Å²) in [6.07, 6.45) is 5.72. The van der Waals surface area contributed by atoms with Crippen molar-refractivity contribution in [2.24, 2.45) is 5.73 Å². The number of hydrogen-bond donors (Lipinski definition) is 1. The van der Waals surface area contributed by atoms with Crippen molar-refractivity contribution in [2.75, 3.05) is 33.2 Å². The van der Waals surface area contributed by atoms with Gasteiger partial charge in [0.2, 0.25) is 11.8 Å². The molecule has 0 atom stereocenters. The Bertz CT molecular complexity index is 296. The van der Waals surface area contributed by atoms with Gasteiger partial charge in [-0.05, 0) is 32.7 Å². The predicted molar refractivity (Wildman–Crippen MR) is 93.6 cm³/mol. The monoisotopic (exact) mass is 313 g/mol. The zero-order chi connectivity index (χ0) is 17.4. The first-order valence-corrected chi connectivity index (χ1v) is 8.32. The molecule has 0 aliphatic carbocycles. The average Bonchev–Trinajstić information content (AvgIpc) is 2.57. The summed E-state index contributed by atoms with van der Waals surface area (Å²) in [6, 6.07) is 0. The van der Waals surface area contributed by atoms with Gasteiger partial charge in [0.25, 0.3) is 0 Å². The Morgan fingerprint density at radius 2 is 1.82 bits per heavy atom. The van der Waals surface area contributed by atoms with Gasteiger partial charge < -0.3 is 15.5 Å². The molecule has 2 amide bonds. The number of hydrogen-bond acceptors (Lipinski definition) is 3. The van der Waals surface area contributed by atoms with Crippen molar-refractivity contribution < 1.29 is 9.59 Å². The Morgan fingerprint density at radius 3 is 2.32 bits per heavy atom. The van der Waals surface area contributed by atoms with Crippen LogP contribution in [0.5, 0.6) is 0 Å². The van der Waals surface area contributed by atoms with Gasteiger partial charge in [-0.3, -0.25) is 9.59 Å². The highest BCUT2D eigenvalue weighted by atomic mass is 16.2. The van der Waals surface area contributed by atoms with Crippen molar-refractivity contribution in [3.8, 4) is 0 Å². The quantitative estimate of drug-likeness (QED) is 0.734. The minimum Gasteiger partial charge on any atom is -0.341 e. The average molecular weight is 313 g/mol. The molecule has 1 rings (SSSR count). The molecule has 0 saturated carbocycles. The molecule has 1 aliphatic rings. The summed E-state index contributed by atoms with van der Waals surface area (Å²) < 4.78 is 0. The molecule has 1 heterocycles. The lowest BCUT2D eigenvalue weighted by atomic mass is 10.1. The van der Waals surface area contributed by atoms with Crippen LogP contribution in [0, 0.1) is 0 Å². The third-order valence-electron chi connectivity index (χ3n) is 3.38. The Labute approximate surface area is 136 Å². The predicted octanol–water partition coefficient (Wildman–Crippen LogP) is 2.41. The summed E-state index contributed by atoms with van der Waals surface area (Å²) in [6.45, 7) is 12.9. The lowest BCUT2D eigenvalue weighted by Gasteiger charge is -2.29. The number of carbonyl (C=O) groups is 2. The van der Waals surface area contributed by atoms with E-state index in [9.17, 15) is 9.59 Å². The number of nitrogens with zero attached hydrogens (tertiary/aromatic N) is 2. The molecule has 0 bridgehead atoms. The number of rotatable bonds is 7. The highest BCUT2D eigenvalue weighted by molar-refractivity contribution is 5.85. The van der Waals surface area contributed by atoms with Gasteiger partial charge in [-0.25, -0.2) is 0 Å². The highest BCUT2D eigenvalue weighted by Crippen LogP contribution is 2.11. The molecule has 0 unspecified atom stereocenters. The third kappa shape index (κ3) is 9.55. The van der Waals surface area contributed by atoms with Gasteiger partial charge in [0.1, 0.15) is 0 Å². The molecule has 0 aromatic heterocycles. The van der Waals surface area contributed by atoms with Gasteiger partial charge in [-0.1, -0.05) is 20.3 Å². The zero-order valence-electron chi connectivity index (χ0n) is 14.8. The third-order valence-corrected chi connectivity index (χ3v) is 3.38. The molecule has 0 aromatic rings. The summed E-state index contributed by atoms with van der Waals surface area (Å²) in [7, 11) is 1.50. The van der Waals surface area contributed by atoms with E-state index in [0.717, 1.165) is 51.7 Å². The second-order valence-electron chi connectivity index (χ2n) is 5.01. The van der Waals surface area contributed by atoms with Gasteiger partial charge in [0, 0.05) is 26.1 Å². The van der Waals surface area contributed by atoms with E-state index in [-0.39, 0.29) is 18.4 Å². The number of piperidine rings is 1. The van der Waals surface area contributed by atoms with Gasteiger partial charge in [-0.2, -0.15) is 0 Å². The first-order chi connectivity index (χ1) is 10.7. The van der Waals surface area contributed by atoms with Crippen LogP contribution in [0.1, 0.15) is 52.4 Å². The van der Waals surface area contributed by atoms with Crippen LogP contribution in [0.4, 0.5) is 0 Å². The van der Waals surface area contributed by atoms with E-state index in [1.165, 1.54) is 7.05 Å². The second kappa shape index (κ2) is 16.0. The van der Waals surface area contributed by atoms with Crippen LogP contribution in [0.25, 0.3) is 0 Å². The molecule has 0 radical (unpaired) electrons. The minimum absolute atomic E-state index is 0.112. The molecule has 1 saturated heterocycles. The Morgan fingerprint density at radius 1 is 1.18 bits per heavy atom. The van der Waals surface area contributed by atoms with Crippen LogP contribution in [0.3, 0.4) is 0 Å². The molecule has 0 spiro atoms. The smallest absolute Gasteiger partial charge is 0.242 e. The van der Waals surface area contributed by atoms with E-state index >= 15 is 0 Å². The van der Waals surface area contributed by atoms with Gasteiger partial charge in [0.15, 0.2) is 0 Å². The number of likely N-dealkylation sites (tertiary alicyclic amines) is 1. The van der Waals surface area contributed by atoms with Crippen molar-refractivity contribution in [3.63, 3.8) is 0 Å². The molecule has 5 heteroatoms. The van der Waals surface area contributed by atoms with E-state index in [1.54, 1.807) is 4.90 Å². The van der Waals surface area contributed by atoms with Crippen molar-refractivity contribution in [1.82, 2.24) is 9.80 Å². The zero-order valence-corrected chi connectivity index (χ0v) is 14.8. The summed E-state index contributed by atoms with van der Waals surface area (Å²) in [5, 5.41) is 0. The maximum Gasteiger partial charge on any atom is 0.242 e. The fourth-order valence-electron chi connectivity index (χ4n) is 2.27. The summed E-state index contributed by atoms with van der Waals surface area (Å²) in [4.78, 5) is 27.5. The van der Waals surface area contributed by atoms with Crippen LogP contribution in [0.15, 0.2) is 13.2 Å². The van der Waals surface area contributed by atoms with Gasteiger partial charge >= 0.3 is 0 Å². The van der Waals surface area contributed by atoms with Crippen molar-refractivity contribution in [3.05, 3.63) is 13.2 Å². The fourth-order valence-corrected chi connectivity index (χ4v) is 2.27. The van der Waals surface area contributed by atoms with Crippen molar-refractivity contribution in [2.45, 2.75) is 52.4 Å². The summed E-state index contributed by atoms with van der Waals surface area (Å²) in [5.41, 5.74) is 4.50. The molecule has 1 fully saturated rings. The SMILES string of the molecule is C=C.CCCCN(CCC)C(=O)CN1CCCCC1=O.CN. The first kappa shape index (κ1) is 22.9. The first-order valence-electron chi connectivity index (χ1n) is 8.32. The van der Waals surface area contributed by atoms with Crippen LogP contribution in [0.2, 0.25) is 0 Å². The summed E-state index contributed by atoms with van der Waals surface area (Å²) >= 11 is 0. The Hall–Kier alpha value is -1.36. The van der Waals surface area contributed by atoms with E-state index < -0.39 is 0 Å². The van der Waals surface area contributed by atoms with Crippen LogP contribution in [-0.2, 0) is 9.59 Å². The Balaban J connectivity index is 0. The van der Waals surface area contributed by atoms with E-state index in [1.807, 2.05) is 4.90 Å². The molecular weight excluding hydrogens is 278 g/mol. The lowest BCUT2D eigenvalue weighted by molar-refractivity contribution is -0.142. The normalized spacial score (nSPS) is 13.5. The Kier molecular flexibility index (Phi) is 16.7. The van der Waals surface area contributed by atoms with E-state index in [2.05, 4.69) is 32.7 Å².